The minimum absolute atomic E-state index is 0.103. The topological polar surface area (TPSA) is 111 Å². The Labute approximate surface area is 170 Å². The first-order chi connectivity index (χ1) is 13.8. The van der Waals surface area contributed by atoms with Gasteiger partial charge in [-0.15, -0.1) is 0 Å². The molecule has 10 heteroatoms. The molecule has 1 fully saturated rings. The highest BCUT2D eigenvalue weighted by molar-refractivity contribution is 7.88. The standard InChI is InChI=1S/C19H25N3O6S/c1-26-16-5-4-14(10-18(16)27-2)17-11-15(21-28-17)12-20-19(23)13-6-8-22(9-7-13)29(3,24)25/h4-5,10-11,13H,6-9,12H2,1-3H3,(H,20,23). The van der Waals surface area contributed by atoms with Crippen LogP contribution >= 0.6 is 0 Å². The number of amides is 1. The maximum atomic E-state index is 12.4. The number of hydrogen-bond donors (Lipinski definition) is 1. The second kappa shape index (κ2) is 8.83. The Kier molecular flexibility index (Phi) is 6.43. The number of aromatic nitrogens is 1. The first-order valence-corrected chi connectivity index (χ1v) is 11.1. The van der Waals surface area contributed by atoms with Gasteiger partial charge in [0.25, 0.3) is 0 Å². The van der Waals surface area contributed by atoms with E-state index in [0.717, 1.165) is 5.56 Å². The molecule has 0 aliphatic carbocycles. The van der Waals surface area contributed by atoms with Crippen LogP contribution in [0.3, 0.4) is 0 Å². The van der Waals surface area contributed by atoms with Gasteiger partial charge in [-0.3, -0.25) is 4.79 Å². The van der Waals surface area contributed by atoms with E-state index in [-0.39, 0.29) is 18.4 Å². The van der Waals surface area contributed by atoms with Crippen LogP contribution in [0.4, 0.5) is 0 Å². The normalized spacial score (nSPS) is 15.8. The van der Waals surface area contributed by atoms with Crippen molar-refractivity contribution in [2.24, 2.45) is 5.92 Å². The second-order valence-corrected chi connectivity index (χ2v) is 8.89. The molecule has 9 nitrogen and oxygen atoms in total. The van der Waals surface area contributed by atoms with Crippen LogP contribution in [0.5, 0.6) is 11.5 Å². The fraction of sp³-hybridized carbons (Fsp3) is 0.474. The molecule has 0 saturated carbocycles. The van der Waals surface area contributed by atoms with Crippen LogP contribution in [0, 0.1) is 5.92 Å². The summed E-state index contributed by atoms with van der Waals surface area (Å²) in [4.78, 5) is 12.4. The van der Waals surface area contributed by atoms with Crippen molar-refractivity contribution in [2.75, 3.05) is 33.6 Å². The molecule has 1 saturated heterocycles. The van der Waals surface area contributed by atoms with Crippen molar-refractivity contribution in [3.8, 4) is 22.8 Å². The maximum absolute atomic E-state index is 12.4. The van der Waals surface area contributed by atoms with E-state index in [4.69, 9.17) is 14.0 Å². The second-order valence-electron chi connectivity index (χ2n) is 6.91. The fourth-order valence-corrected chi connectivity index (χ4v) is 4.17. The molecule has 29 heavy (non-hydrogen) atoms. The number of carbonyl (C=O) groups excluding carboxylic acids is 1. The first kappa shape index (κ1) is 21.1. The molecule has 1 aromatic carbocycles. The van der Waals surface area contributed by atoms with Crippen LogP contribution in [0.2, 0.25) is 0 Å². The van der Waals surface area contributed by atoms with Crippen LogP contribution in [-0.4, -0.2) is 57.4 Å². The molecule has 1 aliphatic heterocycles. The summed E-state index contributed by atoms with van der Waals surface area (Å²) in [5, 5.41) is 6.86. The summed E-state index contributed by atoms with van der Waals surface area (Å²) in [6, 6.07) is 7.16. The van der Waals surface area contributed by atoms with Crippen molar-refractivity contribution in [1.29, 1.82) is 0 Å². The molecule has 0 bridgehead atoms. The molecule has 1 aliphatic rings. The summed E-state index contributed by atoms with van der Waals surface area (Å²) in [5.41, 5.74) is 1.37. The number of sulfonamides is 1. The van der Waals surface area contributed by atoms with Crippen LogP contribution in [0.1, 0.15) is 18.5 Å². The highest BCUT2D eigenvalue weighted by Crippen LogP contribution is 2.32. The summed E-state index contributed by atoms with van der Waals surface area (Å²) in [6.07, 6.45) is 2.21. The highest BCUT2D eigenvalue weighted by atomic mass is 32.2. The third kappa shape index (κ3) is 5.07. The summed E-state index contributed by atoms with van der Waals surface area (Å²) >= 11 is 0. The van der Waals surface area contributed by atoms with Crippen LogP contribution in [-0.2, 0) is 21.4 Å². The van der Waals surface area contributed by atoms with E-state index in [1.165, 1.54) is 10.6 Å². The predicted molar refractivity (Wildman–Crippen MR) is 106 cm³/mol. The number of ether oxygens (including phenoxy) is 2. The zero-order chi connectivity index (χ0) is 21.0. The van der Waals surface area contributed by atoms with Gasteiger partial charge < -0.3 is 19.3 Å². The summed E-state index contributed by atoms with van der Waals surface area (Å²) < 4.78 is 40.4. The number of hydrogen-bond acceptors (Lipinski definition) is 7. The van der Waals surface area contributed by atoms with E-state index in [2.05, 4.69) is 10.5 Å². The van der Waals surface area contributed by atoms with Crippen LogP contribution in [0.15, 0.2) is 28.8 Å². The molecule has 1 N–H and O–H groups in total. The van der Waals surface area contributed by atoms with E-state index < -0.39 is 10.0 Å². The zero-order valence-electron chi connectivity index (χ0n) is 16.7. The number of methoxy groups -OCH3 is 2. The fourth-order valence-electron chi connectivity index (χ4n) is 3.29. The van der Waals surface area contributed by atoms with Gasteiger partial charge in [-0.1, -0.05) is 5.16 Å². The lowest BCUT2D eigenvalue weighted by atomic mass is 9.97. The quantitative estimate of drug-likeness (QED) is 0.721. The van der Waals surface area contributed by atoms with Crippen molar-refractivity contribution in [3.05, 3.63) is 30.0 Å². The van der Waals surface area contributed by atoms with Gasteiger partial charge >= 0.3 is 0 Å². The van der Waals surface area contributed by atoms with E-state index >= 15 is 0 Å². The SMILES string of the molecule is COc1ccc(-c2cc(CNC(=O)C3CCN(S(C)(=O)=O)CC3)no2)cc1OC. The first-order valence-electron chi connectivity index (χ1n) is 9.22. The van der Waals surface area contributed by atoms with E-state index in [1.54, 1.807) is 32.4 Å². The molecule has 1 amide bonds. The third-order valence-corrected chi connectivity index (χ3v) is 6.27. The van der Waals surface area contributed by atoms with E-state index in [9.17, 15) is 13.2 Å². The number of carbonyl (C=O) groups is 1. The van der Waals surface area contributed by atoms with Gasteiger partial charge in [0.15, 0.2) is 17.3 Å². The van der Waals surface area contributed by atoms with Gasteiger partial charge in [0.05, 0.1) is 27.0 Å². The number of nitrogens with one attached hydrogen (secondary N) is 1. The van der Waals surface area contributed by atoms with Crippen LogP contribution in [0.25, 0.3) is 11.3 Å². The largest absolute Gasteiger partial charge is 0.493 e. The molecule has 0 spiro atoms. The van der Waals surface area contributed by atoms with Crippen molar-refractivity contribution in [3.63, 3.8) is 0 Å². The lowest BCUT2D eigenvalue weighted by Crippen LogP contribution is -2.42. The van der Waals surface area contributed by atoms with Gasteiger partial charge in [0.1, 0.15) is 5.69 Å². The third-order valence-electron chi connectivity index (χ3n) is 4.96. The van der Waals surface area contributed by atoms with Crippen molar-refractivity contribution in [2.45, 2.75) is 19.4 Å². The molecule has 0 radical (unpaired) electrons. The Bertz CT molecular complexity index is 964. The van der Waals surface area contributed by atoms with E-state index in [0.29, 0.717) is 48.9 Å². The van der Waals surface area contributed by atoms with Gasteiger partial charge in [0.2, 0.25) is 15.9 Å². The molecular formula is C19H25N3O6S. The lowest BCUT2D eigenvalue weighted by Gasteiger charge is -2.29. The molecule has 1 aromatic heterocycles. The number of benzene rings is 1. The summed E-state index contributed by atoms with van der Waals surface area (Å²) in [5.74, 6) is 1.44. The maximum Gasteiger partial charge on any atom is 0.223 e. The molecule has 2 heterocycles. The predicted octanol–water partition coefficient (Wildman–Crippen LogP) is 1.65. The Hall–Kier alpha value is -2.59. The molecule has 3 rings (SSSR count). The average Bonchev–Trinajstić information content (AvgIpc) is 3.20. The number of nitrogens with zero attached hydrogens (tertiary/aromatic N) is 2. The Balaban J connectivity index is 1.56. The summed E-state index contributed by atoms with van der Waals surface area (Å²) in [7, 11) is -0.0749. The van der Waals surface area contributed by atoms with Crippen molar-refractivity contribution < 1.29 is 27.2 Å². The number of rotatable bonds is 7. The zero-order valence-corrected chi connectivity index (χ0v) is 17.5. The van der Waals surface area contributed by atoms with Gasteiger partial charge in [-0.2, -0.15) is 0 Å². The Morgan fingerprint density at radius 2 is 1.90 bits per heavy atom. The molecule has 0 atom stereocenters. The van der Waals surface area contributed by atoms with Crippen LogP contribution < -0.4 is 14.8 Å². The molecule has 0 unspecified atom stereocenters. The molecule has 2 aromatic rings. The van der Waals surface area contributed by atoms with Crippen molar-refractivity contribution >= 4 is 15.9 Å². The van der Waals surface area contributed by atoms with Gasteiger partial charge in [-0.25, -0.2) is 12.7 Å². The lowest BCUT2D eigenvalue weighted by molar-refractivity contribution is -0.126. The minimum Gasteiger partial charge on any atom is -0.493 e. The number of piperidine rings is 1. The highest BCUT2D eigenvalue weighted by Gasteiger charge is 2.28. The Morgan fingerprint density at radius 3 is 2.52 bits per heavy atom. The minimum atomic E-state index is -3.20. The Morgan fingerprint density at radius 1 is 1.21 bits per heavy atom. The molecule has 158 valence electrons. The van der Waals surface area contributed by atoms with Gasteiger partial charge in [-0.05, 0) is 31.0 Å². The van der Waals surface area contributed by atoms with Crippen molar-refractivity contribution in [1.82, 2.24) is 14.8 Å². The average molecular weight is 423 g/mol. The summed E-state index contributed by atoms with van der Waals surface area (Å²) in [6.45, 7) is 0.969. The van der Waals surface area contributed by atoms with Gasteiger partial charge in [0, 0.05) is 30.6 Å². The smallest absolute Gasteiger partial charge is 0.223 e. The monoisotopic (exact) mass is 423 g/mol. The van der Waals surface area contributed by atoms with E-state index in [1.807, 2.05) is 6.07 Å². The molecular weight excluding hydrogens is 398 g/mol.